The second-order valence-corrected chi connectivity index (χ2v) is 6.79. The minimum Gasteiger partial charge on any atom is -0.496 e. The number of nitrogens with one attached hydrogen (secondary N) is 1. The maximum Gasteiger partial charge on any atom is 0.446 e. The summed E-state index contributed by atoms with van der Waals surface area (Å²) in [7, 11) is 1.52. The SMILES string of the molecule is COc1ccccc1CNC(=O)[C@H](C)OC(=O)c1ccc(SC(F)(F)F)cc1. The Morgan fingerprint density at radius 2 is 1.75 bits per heavy atom. The lowest BCUT2D eigenvalue weighted by molar-refractivity contribution is -0.129. The van der Waals surface area contributed by atoms with Crippen LogP contribution in [0, 0.1) is 0 Å². The molecule has 150 valence electrons. The van der Waals surface area contributed by atoms with E-state index < -0.39 is 23.5 Å². The fraction of sp³-hybridized carbons (Fsp3) is 0.263. The molecule has 2 aromatic carbocycles. The van der Waals surface area contributed by atoms with Crippen LogP contribution < -0.4 is 10.1 Å². The topological polar surface area (TPSA) is 64.6 Å². The van der Waals surface area contributed by atoms with Crippen LogP contribution in [0.4, 0.5) is 13.2 Å². The lowest BCUT2D eigenvalue weighted by Gasteiger charge is -2.15. The molecule has 5 nitrogen and oxygen atoms in total. The van der Waals surface area contributed by atoms with E-state index in [-0.39, 0.29) is 28.8 Å². The van der Waals surface area contributed by atoms with Gasteiger partial charge in [0, 0.05) is 17.0 Å². The number of rotatable bonds is 7. The van der Waals surface area contributed by atoms with Gasteiger partial charge in [-0.25, -0.2) is 4.79 Å². The van der Waals surface area contributed by atoms with Gasteiger partial charge in [-0.2, -0.15) is 13.2 Å². The Morgan fingerprint density at radius 1 is 1.11 bits per heavy atom. The zero-order chi connectivity index (χ0) is 20.7. The van der Waals surface area contributed by atoms with Crippen LogP contribution in [-0.4, -0.2) is 30.6 Å². The monoisotopic (exact) mass is 413 g/mol. The average Bonchev–Trinajstić information content (AvgIpc) is 2.65. The first-order chi connectivity index (χ1) is 13.2. The molecule has 0 aliphatic heterocycles. The predicted molar refractivity (Wildman–Crippen MR) is 98.1 cm³/mol. The molecule has 0 heterocycles. The van der Waals surface area contributed by atoms with E-state index in [4.69, 9.17) is 9.47 Å². The molecule has 0 saturated carbocycles. The Labute approximate surface area is 164 Å². The Kier molecular flexibility index (Phi) is 7.33. The van der Waals surface area contributed by atoms with Gasteiger partial charge >= 0.3 is 11.5 Å². The molecule has 1 amide bonds. The van der Waals surface area contributed by atoms with Crippen molar-refractivity contribution in [2.45, 2.75) is 30.0 Å². The largest absolute Gasteiger partial charge is 0.496 e. The third-order valence-corrected chi connectivity index (χ3v) is 4.36. The van der Waals surface area contributed by atoms with Gasteiger partial charge in [-0.05, 0) is 49.0 Å². The smallest absolute Gasteiger partial charge is 0.446 e. The number of alkyl halides is 3. The van der Waals surface area contributed by atoms with Crippen LogP contribution in [0.15, 0.2) is 53.4 Å². The van der Waals surface area contributed by atoms with E-state index in [0.717, 1.165) is 5.56 Å². The van der Waals surface area contributed by atoms with Gasteiger partial charge in [0.25, 0.3) is 5.91 Å². The number of ether oxygens (including phenoxy) is 2. The van der Waals surface area contributed by atoms with Crippen LogP contribution in [-0.2, 0) is 16.1 Å². The van der Waals surface area contributed by atoms with Gasteiger partial charge in [-0.3, -0.25) is 4.79 Å². The molecule has 0 fully saturated rings. The number of esters is 1. The number of thioether (sulfide) groups is 1. The number of hydrogen-bond acceptors (Lipinski definition) is 5. The predicted octanol–water partition coefficient (Wildman–Crippen LogP) is 4.17. The zero-order valence-electron chi connectivity index (χ0n) is 15.1. The zero-order valence-corrected chi connectivity index (χ0v) is 15.9. The summed E-state index contributed by atoms with van der Waals surface area (Å²) >= 11 is -0.279. The van der Waals surface area contributed by atoms with Gasteiger partial charge in [0.15, 0.2) is 6.10 Å². The highest BCUT2D eigenvalue weighted by Gasteiger charge is 2.29. The Morgan fingerprint density at radius 3 is 2.36 bits per heavy atom. The van der Waals surface area contributed by atoms with Crippen molar-refractivity contribution in [2.75, 3.05) is 7.11 Å². The molecule has 0 unspecified atom stereocenters. The Bertz CT molecular complexity index is 825. The summed E-state index contributed by atoms with van der Waals surface area (Å²) < 4.78 is 47.2. The Hall–Kier alpha value is -2.68. The van der Waals surface area contributed by atoms with Crippen molar-refractivity contribution in [3.05, 3.63) is 59.7 Å². The molecule has 9 heteroatoms. The second-order valence-electron chi connectivity index (χ2n) is 5.65. The maximum absolute atomic E-state index is 12.3. The number of benzene rings is 2. The molecule has 1 atom stereocenters. The summed E-state index contributed by atoms with van der Waals surface area (Å²) in [6, 6.07) is 11.9. The summed E-state index contributed by atoms with van der Waals surface area (Å²) in [6.45, 7) is 1.59. The molecule has 0 radical (unpaired) electrons. The van der Waals surface area contributed by atoms with Crippen molar-refractivity contribution in [1.82, 2.24) is 5.32 Å². The van der Waals surface area contributed by atoms with Crippen molar-refractivity contribution in [3.8, 4) is 5.75 Å². The molecular weight excluding hydrogens is 395 g/mol. The number of halogens is 3. The number of carbonyl (C=O) groups excluding carboxylic acids is 2. The molecule has 28 heavy (non-hydrogen) atoms. The number of carbonyl (C=O) groups is 2. The third kappa shape index (κ3) is 6.49. The van der Waals surface area contributed by atoms with Crippen LogP contribution in [0.2, 0.25) is 0 Å². The number of hydrogen-bond donors (Lipinski definition) is 1. The maximum atomic E-state index is 12.3. The van der Waals surface area contributed by atoms with Gasteiger partial charge < -0.3 is 14.8 Å². The first kappa shape index (κ1) is 21.6. The van der Waals surface area contributed by atoms with Gasteiger partial charge in [0.1, 0.15) is 5.75 Å². The van der Waals surface area contributed by atoms with Gasteiger partial charge in [0.2, 0.25) is 0 Å². The molecule has 0 aliphatic carbocycles. The lowest BCUT2D eigenvalue weighted by atomic mass is 10.2. The van der Waals surface area contributed by atoms with Crippen LogP contribution in [0.25, 0.3) is 0 Å². The number of para-hydroxylation sites is 1. The Balaban J connectivity index is 1.89. The summed E-state index contributed by atoms with van der Waals surface area (Å²) in [5, 5.41) is 2.64. The molecular formula is C19H18F3NO4S. The summed E-state index contributed by atoms with van der Waals surface area (Å²) in [5.41, 5.74) is -3.60. The van der Waals surface area contributed by atoms with Crippen molar-refractivity contribution in [2.24, 2.45) is 0 Å². The fourth-order valence-electron chi connectivity index (χ4n) is 2.25. The normalized spacial score (nSPS) is 12.2. The van der Waals surface area contributed by atoms with Crippen molar-refractivity contribution in [3.63, 3.8) is 0 Å². The molecule has 0 spiro atoms. The highest BCUT2D eigenvalue weighted by atomic mass is 32.2. The molecule has 2 aromatic rings. The first-order valence-corrected chi connectivity index (χ1v) is 8.97. The van der Waals surface area contributed by atoms with Gasteiger partial charge in [-0.1, -0.05) is 18.2 Å². The number of methoxy groups -OCH3 is 1. The molecule has 0 saturated heterocycles. The van der Waals surface area contributed by atoms with E-state index in [9.17, 15) is 22.8 Å². The second kappa shape index (κ2) is 9.50. The van der Waals surface area contributed by atoms with Gasteiger partial charge in [0.05, 0.1) is 12.7 Å². The summed E-state index contributed by atoms with van der Waals surface area (Å²) in [5.74, 6) is -0.698. The standard InChI is InChI=1S/C19H18F3NO4S/c1-12(17(24)23-11-14-5-3-4-6-16(14)26-2)27-18(25)13-7-9-15(10-8-13)28-19(20,21)22/h3-10,12H,11H2,1-2H3,(H,23,24)/t12-/m0/s1. The average molecular weight is 413 g/mol. The highest BCUT2D eigenvalue weighted by Crippen LogP contribution is 2.36. The molecule has 0 aromatic heterocycles. The van der Waals surface area contributed by atoms with E-state index in [1.54, 1.807) is 24.3 Å². The van der Waals surface area contributed by atoms with E-state index in [1.165, 1.54) is 38.3 Å². The minimum absolute atomic E-state index is 0.0494. The molecule has 1 N–H and O–H groups in total. The quantitative estimate of drug-likeness (QED) is 0.545. The van der Waals surface area contributed by atoms with Crippen molar-refractivity contribution < 1.29 is 32.2 Å². The van der Waals surface area contributed by atoms with Crippen LogP contribution in [0.1, 0.15) is 22.8 Å². The minimum atomic E-state index is -4.41. The fourth-order valence-corrected chi connectivity index (χ4v) is 2.79. The molecule has 2 rings (SSSR count). The summed E-state index contributed by atoms with van der Waals surface area (Å²) in [6.07, 6.45) is -1.08. The first-order valence-electron chi connectivity index (χ1n) is 8.16. The summed E-state index contributed by atoms with van der Waals surface area (Å²) in [4.78, 5) is 24.2. The van der Waals surface area contributed by atoms with E-state index in [1.807, 2.05) is 0 Å². The number of amides is 1. The van der Waals surface area contributed by atoms with E-state index in [0.29, 0.717) is 5.75 Å². The third-order valence-electron chi connectivity index (χ3n) is 3.62. The molecule has 0 bridgehead atoms. The highest BCUT2D eigenvalue weighted by molar-refractivity contribution is 8.00. The van der Waals surface area contributed by atoms with E-state index >= 15 is 0 Å². The van der Waals surface area contributed by atoms with Crippen molar-refractivity contribution >= 4 is 23.6 Å². The van der Waals surface area contributed by atoms with Crippen LogP contribution >= 0.6 is 11.8 Å². The van der Waals surface area contributed by atoms with Crippen LogP contribution in [0.5, 0.6) is 5.75 Å². The van der Waals surface area contributed by atoms with Crippen LogP contribution in [0.3, 0.4) is 0 Å². The van der Waals surface area contributed by atoms with E-state index in [2.05, 4.69) is 5.32 Å². The van der Waals surface area contributed by atoms with Crippen molar-refractivity contribution in [1.29, 1.82) is 0 Å². The molecule has 0 aliphatic rings. The van der Waals surface area contributed by atoms with Gasteiger partial charge in [-0.15, -0.1) is 0 Å². The lowest BCUT2D eigenvalue weighted by Crippen LogP contribution is -2.35.